The molecule has 0 bridgehead atoms. The van der Waals surface area contributed by atoms with Gasteiger partial charge in [0.25, 0.3) is 0 Å². The Labute approximate surface area is 169 Å². The van der Waals surface area contributed by atoms with Crippen molar-refractivity contribution in [3.05, 3.63) is 67.6 Å². The number of benzene rings is 2. The predicted octanol–water partition coefficient (Wildman–Crippen LogP) is 5.19. The lowest BCUT2D eigenvalue weighted by Crippen LogP contribution is -2.34. The number of oxime groups is 1. The van der Waals surface area contributed by atoms with Crippen LogP contribution in [0.1, 0.15) is 11.1 Å². The van der Waals surface area contributed by atoms with Gasteiger partial charge in [-0.1, -0.05) is 63.7 Å². The number of nitrogens with zero attached hydrogens (tertiary/aromatic N) is 1. The second-order valence-corrected chi connectivity index (χ2v) is 6.51. The molecule has 138 valence electrons. The molecule has 0 saturated heterocycles. The number of carbonyl (C=O) groups is 1. The third-order valence-electron chi connectivity index (χ3n) is 2.95. The lowest BCUT2D eigenvalue weighted by atomic mass is 10.2. The molecule has 10 heteroatoms. The van der Waals surface area contributed by atoms with Crippen molar-refractivity contribution in [3.63, 3.8) is 0 Å². The molecule has 0 aliphatic rings. The highest BCUT2D eigenvalue weighted by Crippen LogP contribution is 2.23. The van der Waals surface area contributed by atoms with E-state index in [1.165, 1.54) is 0 Å². The van der Waals surface area contributed by atoms with Crippen LogP contribution in [0.25, 0.3) is 0 Å². The fraction of sp³-hybridized carbons (Fsp3) is 0.125. The van der Waals surface area contributed by atoms with Crippen LogP contribution in [-0.2, 0) is 22.9 Å². The highest BCUT2D eigenvalue weighted by atomic mass is 35.5. The van der Waals surface area contributed by atoms with Crippen LogP contribution in [0.4, 0.5) is 4.79 Å². The van der Waals surface area contributed by atoms with Crippen LogP contribution in [0.3, 0.4) is 0 Å². The van der Waals surface area contributed by atoms with Crippen LogP contribution >= 0.6 is 46.4 Å². The summed E-state index contributed by atoms with van der Waals surface area (Å²) in [5.74, 6) is 0. The quantitative estimate of drug-likeness (QED) is 0.356. The SMILES string of the molecule is O=C(N/C=N/OCc1ccc(Cl)cc1Cl)NOCc1ccc(Cl)c(Cl)c1. The highest BCUT2D eigenvalue weighted by molar-refractivity contribution is 6.42. The predicted molar refractivity (Wildman–Crippen MR) is 103 cm³/mol. The maximum Gasteiger partial charge on any atom is 0.343 e. The minimum atomic E-state index is -0.623. The minimum absolute atomic E-state index is 0.118. The van der Waals surface area contributed by atoms with Crippen molar-refractivity contribution in [3.8, 4) is 0 Å². The van der Waals surface area contributed by atoms with E-state index in [4.69, 9.17) is 56.1 Å². The number of rotatable bonds is 7. The molecule has 2 N–H and O–H groups in total. The molecule has 2 aromatic rings. The van der Waals surface area contributed by atoms with E-state index in [0.29, 0.717) is 25.7 Å². The Balaban J connectivity index is 1.65. The van der Waals surface area contributed by atoms with Gasteiger partial charge in [0.1, 0.15) is 12.9 Å². The molecule has 2 amide bonds. The normalized spacial score (nSPS) is 10.8. The smallest absolute Gasteiger partial charge is 0.343 e. The van der Waals surface area contributed by atoms with Gasteiger partial charge in [-0.2, -0.15) is 0 Å². The van der Waals surface area contributed by atoms with Crippen molar-refractivity contribution in [1.82, 2.24) is 10.8 Å². The first-order chi connectivity index (χ1) is 12.5. The van der Waals surface area contributed by atoms with Gasteiger partial charge in [-0.15, -0.1) is 0 Å². The number of amides is 2. The van der Waals surface area contributed by atoms with E-state index in [0.717, 1.165) is 11.9 Å². The van der Waals surface area contributed by atoms with Gasteiger partial charge in [0.15, 0.2) is 0 Å². The van der Waals surface area contributed by atoms with Crippen molar-refractivity contribution in [2.75, 3.05) is 0 Å². The molecule has 0 spiro atoms. The minimum Gasteiger partial charge on any atom is -0.390 e. The lowest BCUT2D eigenvalue weighted by Gasteiger charge is -2.06. The Hall–Kier alpha value is -1.70. The van der Waals surface area contributed by atoms with E-state index in [1.54, 1.807) is 36.4 Å². The van der Waals surface area contributed by atoms with E-state index in [2.05, 4.69) is 16.0 Å². The molecule has 2 rings (SSSR count). The maximum atomic E-state index is 11.5. The van der Waals surface area contributed by atoms with Crippen LogP contribution in [-0.4, -0.2) is 12.4 Å². The summed E-state index contributed by atoms with van der Waals surface area (Å²) in [4.78, 5) is 21.6. The third kappa shape index (κ3) is 6.90. The summed E-state index contributed by atoms with van der Waals surface area (Å²) in [7, 11) is 0. The molecule has 2 aromatic carbocycles. The largest absolute Gasteiger partial charge is 0.390 e. The summed E-state index contributed by atoms with van der Waals surface area (Å²) in [6.07, 6.45) is 1.07. The number of hydroxylamine groups is 1. The number of nitrogens with one attached hydrogen (secondary N) is 2. The summed E-state index contributed by atoms with van der Waals surface area (Å²) in [6, 6.07) is 9.39. The fourth-order valence-electron chi connectivity index (χ4n) is 1.71. The van der Waals surface area contributed by atoms with Gasteiger partial charge < -0.3 is 4.84 Å². The van der Waals surface area contributed by atoms with Gasteiger partial charge >= 0.3 is 6.03 Å². The monoisotopic (exact) mass is 435 g/mol. The van der Waals surface area contributed by atoms with Gasteiger partial charge in [0.05, 0.1) is 16.7 Å². The Morgan fingerprint density at radius 3 is 2.54 bits per heavy atom. The molecule has 0 saturated carbocycles. The molecule has 26 heavy (non-hydrogen) atoms. The Morgan fingerprint density at radius 1 is 1.00 bits per heavy atom. The van der Waals surface area contributed by atoms with Crippen LogP contribution < -0.4 is 10.8 Å². The molecule has 0 unspecified atom stereocenters. The third-order valence-corrected chi connectivity index (χ3v) is 4.27. The second kappa shape index (κ2) is 10.4. The van der Waals surface area contributed by atoms with E-state index in [-0.39, 0.29) is 13.2 Å². The summed E-state index contributed by atoms with van der Waals surface area (Å²) in [5, 5.41) is 7.73. The van der Waals surface area contributed by atoms with Crippen molar-refractivity contribution in [2.45, 2.75) is 13.2 Å². The average molecular weight is 437 g/mol. The van der Waals surface area contributed by atoms with Crippen LogP contribution in [0, 0.1) is 0 Å². The van der Waals surface area contributed by atoms with Gasteiger partial charge in [-0.25, -0.2) is 10.3 Å². The molecule has 0 heterocycles. The van der Waals surface area contributed by atoms with E-state index < -0.39 is 6.03 Å². The van der Waals surface area contributed by atoms with Gasteiger partial charge in [-0.3, -0.25) is 10.2 Å². The maximum absolute atomic E-state index is 11.5. The Kier molecular flexibility index (Phi) is 8.28. The lowest BCUT2D eigenvalue weighted by molar-refractivity contribution is 0.0505. The molecular weight excluding hydrogens is 424 g/mol. The van der Waals surface area contributed by atoms with Crippen molar-refractivity contribution >= 4 is 58.8 Å². The Bertz CT molecular complexity index is 802. The number of hydrogen-bond donors (Lipinski definition) is 2. The topological polar surface area (TPSA) is 72.0 Å². The van der Waals surface area contributed by atoms with E-state index in [9.17, 15) is 4.79 Å². The van der Waals surface area contributed by atoms with Crippen molar-refractivity contribution in [1.29, 1.82) is 0 Å². The van der Waals surface area contributed by atoms with Crippen molar-refractivity contribution < 1.29 is 14.5 Å². The molecule has 0 aliphatic heterocycles. The van der Waals surface area contributed by atoms with Crippen LogP contribution in [0.15, 0.2) is 41.6 Å². The van der Waals surface area contributed by atoms with Crippen LogP contribution in [0.2, 0.25) is 20.1 Å². The van der Waals surface area contributed by atoms with Gasteiger partial charge in [0.2, 0.25) is 0 Å². The van der Waals surface area contributed by atoms with E-state index in [1.807, 2.05) is 0 Å². The number of halogens is 4. The zero-order chi connectivity index (χ0) is 18.9. The molecule has 0 aliphatic carbocycles. The fourth-order valence-corrected chi connectivity index (χ4v) is 2.50. The second-order valence-electron chi connectivity index (χ2n) is 4.86. The first-order valence-corrected chi connectivity index (χ1v) is 8.67. The van der Waals surface area contributed by atoms with Crippen LogP contribution in [0.5, 0.6) is 0 Å². The standard InChI is InChI=1S/C16H13Cl4N3O3/c17-12-3-2-11(14(19)6-12)8-25-22-9-21-16(24)23-26-7-10-1-4-13(18)15(20)5-10/h1-6,9H,7-8H2,(H2,21,22,23,24). The molecular formula is C16H13Cl4N3O3. The zero-order valence-corrected chi connectivity index (χ0v) is 16.2. The molecule has 0 radical (unpaired) electrons. The molecule has 0 atom stereocenters. The van der Waals surface area contributed by atoms with E-state index >= 15 is 0 Å². The first-order valence-electron chi connectivity index (χ1n) is 7.15. The first kappa shape index (κ1) is 20.6. The zero-order valence-electron chi connectivity index (χ0n) is 13.1. The molecule has 6 nitrogen and oxygen atoms in total. The number of hydrogen-bond acceptors (Lipinski definition) is 4. The Morgan fingerprint density at radius 2 is 1.81 bits per heavy atom. The van der Waals surface area contributed by atoms with Gasteiger partial charge in [-0.05, 0) is 29.8 Å². The summed E-state index contributed by atoms with van der Waals surface area (Å²) in [5.41, 5.74) is 3.64. The van der Waals surface area contributed by atoms with Gasteiger partial charge in [0, 0.05) is 15.6 Å². The summed E-state index contributed by atoms with van der Waals surface area (Å²) in [6.45, 7) is 0.247. The summed E-state index contributed by atoms with van der Waals surface area (Å²) < 4.78 is 0. The average Bonchev–Trinajstić information content (AvgIpc) is 2.59. The molecule has 0 aromatic heterocycles. The number of carbonyl (C=O) groups excluding carboxylic acids is 1. The van der Waals surface area contributed by atoms with Crippen molar-refractivity contribution in [2.24, 2.45) is 5.16 Å². The highest BCUT2D eigenvalue weighted by Gasteiger charge is 2.03. The molecule has 0 fully saturated rings. The number of urea groups is 1. The summed E-state index contributed by atoms with van der Waals surface area (Å²) >= 11 is 23.5.